The third-order valence-corrected chi connectivity index (χ3v) is 3.52. The van der Waals surface area contributed by atoms with Crippen LogP contribution in [-0.4, -0.2) is 15.0 Å². The first kappa shape index (κ1) is 14.4. The first-order valence-electron chi connectivity index (χ1n) is 5.97. The molecule has 0 aliphatic heterocycles. The largest absolute Gasteiger partial charge is 0.487 e. The van der Waals surface area contributed by atoms with Gasteiger partial charge in [0, 0.05) is 23.1 Å². The highest BCUT2D eigenvalue weighted by Gasteiger charge is 2.15. The van der Waals surface area contributed by atoms with Crippen molar-refractivity contribution in [1.29, 1.82) is 0 Å². The summed E-state index contributed by atoms with van der Waals surface area (Å²) in [6, 6.07) is 4.18. The molecule has 0 spiro atoms. The molecule has 0 saturated heterocycles. The Bertz CT molecular complexity index is 625. The Labute approximate surface area is 119 Å². The van der Waals surface area contributed by atoms with Crippen molar-refractivity contribution in [3.05, 3.63) is 50.0 Å². The Kier molecular flexibility index (Phi) is 4.31. The number of aliphatic hydroxyl groups excluding tert-OH is 1. The molecule has 0 radical (unpaired) electrons. The number of aliphatic hydroxyl groups is 1. The highest BCUT2D eigenvalue weighted by molar-refractivity contribution is 7.09. The zero-order valence-corrected chi connectivity index (χ0v) is 11.9. The number of aryl methyl sites for hydroxylation is 1. The van der Waals surface area contributed by atoms with Crippen LogP contribution in [0.15, 0.2) is 23.6 Å². The van der Waals surface area contributed by atoms with Crippen molar-refractivity contribution < 1.29 is 14.8 Å². The molecule has 1 aromatic heterocycles. The molecule has 0 bridgehead atoms. The monoisotopic (exact) mass is 294 g/mol. The first-order valence-corrected chi connectivity index (χ1v) is 6.85. The fourth-order valence-electron chi connectivity index (χ4n) is 1.73. The average molecular weight is 294 g/mol. The van der Waals surface area contributed by atoms with Crippen LogP contribution in [0, 0.1) is 17.0 Å². The van der Waals surface area contributed by atoms with E-state index in [0.29, 0.717) is 11.3 Å². The first-order chi connectivity index (χ1) is 9.47. The quantitative estimate of drug-likeness (QED) is 0.676. The molecule has 0 fully saturated rings. The predicted octanol–water partition coefficient (Wildman–Crippen LogP) is 2.99. The Morgan fingerprint density at radius 3 is 2.85 bits per heavy atom. The minimum Gasteiger partial charge on any atom is -0.487 e. The van der Waals surface area contributed by atoms with E-state index in [1.807, 2.05) is 12.3 Å². The van der Waals surface area contributed by atoms with Crippen molar-refractivity contribution in [2.75, 3.05) is 0 Å². The molecule has 20 heavy (non-hydrogen) atoms. The number of thiazole rings is 1. The molecule has 7 heteroatoms. The fourth-order valence-corrected chi connectivity index (χ4v) is 2.33. The SMILES string of the molecule is Cc1nc(COc2ccc([N+](=O)[O-])cc2[C@H](C)O)cs1. The van der Waals surface area contributed by atoms with Crippen molar-refractivity contribution in [3.63, 3.8) is 0 Å². The van der Waals surface area contributed by atoms with E-state index in [-0.39, 0.29) is 12.3 Å². The summed E-state index contributed by atoms with van der Waals surface area (Å²) in [5, 5.41) is 23.3. The zero-order chi connectivity index (χ0) is 14.7. The number of nitro groups is 1. The summed E-state index contributed by atoms with van der Waals surface area (Å²) in [6.45, 7) is 3.71. The Morgan fingerprint density at radius 2 is 2.30 bits per heavy atom. The number of aromatic nitrogens is 1. The molecule has 106 valence electrons. The van der Waals surface area contributed by atoms with E-state index in [4.69, 9.17) is 4.74 Å². The van der Waals surface area contributed by atoms with Crippen molar-refractivity contribution in [2.24, 2.45) is 0 Å². The van der Waals surface area contributed by atoms with Crippen molar-refractivity contribution in [3.8, 4) is 5.75 Å². The molecule has 0 amide bonds. The van der Waals surface area contributed by atoms with Crippen LogP contribution in [0.25, 0.3) is 0 Å². The molecule has 0 aliphatic carbocycles. The Hall–Kier alpha value is -1.99. The smallest absolute Gasteiger partial charge is 0.270 e. The maximum Gasteiger partial charge on any atom is 0.270 e. The number of hydrogen-bond donors (Lipinski definition) is 1. The molecule has 1 N–H and O–H groups in total. The van der Waals surface area contributed by atoms with Gasteiger partial charge < -0.3 is 9.84 Å². The Morgan fingerprint density at radius 1 is 1.55 bits per heavy atom. The van der Waals surface area contributed by atoms with Gasteiger partial charge >= 0.3 is 0 Å². The number of nitrogens with zero attached hydrogens (tertiary/aromatic N) is 2. The lowest BCUT2D eigenvalue weighted by molar-refractivity contribution is -0.385. The van der Waals surface area contributed by atoms with E-state index in [9.17, 15) is 15.2 Å². The lowest BCUT2D eigenvalue weighted by atomic mass is 10.1. The highest BCUT2D eigenvalue weighted by Crippen LogP contribution is 2.29. The van der Waals surface area contributed by atoms with E-state index >= 15 is 0 Å². The van der Waals surface area contributed by atoms with Crippen molar-refractivity contribution in [2.45, 2.75) is 26.6 Å². The van der Waals surface area contributed by atoms with E-state index in [1.54, 1.807) is 6.92 Å². The van der Waals surface area contributed by atoms with Crippen LogP contribution in [0.2, 0.25) is 0 Å². The average Bonchev–Trinajstić information content (AvgIpc) is 2.81. The second-order valence-electron chi connectivity index (χ2n) is 4.30. The molecule has 1 heterocycles. The van der Waals surface area contributed by atoms with Gasteiger partial charge in [-0.1, -0.05) is 0 Å². The van der Waals surface area contributed by atoms with Crippen LogP contribution < -0.4 is 4.74 Å². The van der Waals surface area contributed by atoms with Crippen LogP contribution in [0.3, 0.4) is 0 Å². The fraction of sp³-hybridized carbons (Fsp3) is 0.308. The van der Waals surface area contributed by atoms with Gasteiger partial charge in [0.15, 0.2) is 0 Å². The van der Waals surface area contributed by atoms with Gasteiger partial charge in [-0.25, -0.2) is 4.98 Å². The van der Waals surface area contributed by atoms with Gasteiger partial charge in [0.05, 0.1) is 21.7 Å². The van der Waals surface area contributed by atoms with Crippen LogP contribution in [-0.2, 0) is 6.61 Å². The van der Waals surface area contributed by atoms with Crippen LogP contribution in [0.5, 0.6) is 5.75 Å². The summed E-state index contributed by atoms with van der Waals surface area (Å²) >= 11 is 1.53. The third-order valence-electron chi connectivity index (χ3n) is 2.70. The molecule has 1 aromatic carbocycles. The molecule has 0 unspecified atom stereocenters. The van der Waals surface area contributed by atoms with Crippen LogP contribution >= 0.6 is 11.3 Å². The van der Waals surface area contributed by atoms with E-state index in [1.165, 1.54) is 29.5 Å². The Balaban J connectivity index is 2.20. The van der Waals surface area contributed by atoms with Crippen molar-refractivity contribution in [1.82, 2.24) is 4.98 Å². The van der Waals surface area contributed by atoms with Crippen LogP contribution in [0.1, 0.15) is 29.3 Å². The molecular formula is C13H14N2O4S. The van der Waals surface area contributed by atoms with E-state index in [0.717, 1.165) is 10.7 Å². The van der Waals surface area contributed by atoms with Gasteiger partial charge in [0.1, 0.15) is 12.4 Å². The minimum atomic E-state index is -0.845. The third kappa shape index (κ3) is 3.31. The van der Waals surface area contributed by atoms with Crippen molar-refractivity contribution >= 4 is 17.0 Å². The lowest BCUT2D eigenvalue weighted by Crippen LogP contribution is -2.02. The summed E-state index contributed by atoms with van der Waals surface area (Å²) in [5.41, 5.74) is 1.12. The lowest BCUT2D eigenvalue weighted by Gasteiger charge is -2.12. The summed E-state index contributed by atoms with van der Waals surface area (Å²) in [6.07, 6.45) is -0.845. The van der Waals surface area contributed by atoms with Gasteiger partial charge in [-0.15, -0.1) is 11.3 Å². The number of nitro benzene ring substituents is 1. The summed E-state index contributed by atoms with van der Waals surface area (Å²) < 4.78 is 5.59. The summed E-state index contributed by atoms with van der Waals surface area (Å²) in [7, 11) is 0. The summed E-state index contributed by atoms with van der Waals surface area (Å²) in [4.78, 5) is 14.5. The molecule has 2 rings (SSSR count). The van der Waals surface area contributed by atoms with Gasteiger partial charge in [-0.2, -0.15) is 0 Å². The number of ether oxygens (including phenoxy) is 1. The minimum absolute atomic E-state index is 0.0715. The summed E-state index contributed by atoms with van der Waals surface area (Å²) in [5.74, 6) is 0.427. The number of non-ortho nitro benzene ring substituents is 1. The van der Waals surface area contributed by atoms with Crippen LogP contribution in [0.4, 0.5) is 5.69 Å². The van der Waals surface area contributed by atoms with Gasteiger partial charge in [0.2, 0.25) is 0 Å². The highest BCUT2D eigenvalue weighted by atomic mass is 32.1. The molecule has 0 aliphatic rings. The zero-order valence-electron chi connectivity index (χ0n) is 11.1. The van der Waals surface area contributed by atoms with E-state index in [2.05, 4.69) is 4.98 Å². The predicted molar refractivity (Wildman–Crippen MR) is 74.9 cm³/mol. The normalized spacial score (nSPS) is 12.2. The molecule has 1 atom stereocenters. The number of rotatable bonds is 5. The second-order valence-corrected chi connectivity index (χ2v) is 5.36. The maximum absolute atomic E-state index is 10.7. The second kappa shape index (κ2) is 5.98. The molecule has 6 nitrogen and oxygen atoms in total. The molecule has 0 saturated carbocycles. The van der Waals surface area contributed by atoms with E-state index < -0.39 is 11.0 Å². The number of benzene rings is 1. The molecular weight excluding hydrogens is 280 g/mol. The topological polar surface area (TPSA) is 85.5 Å². The van der Waals surface area contributed by atoms with Gasteiger partial charge in [-0.05, 0) is 19.9 Å². The maximum atomic E-state index is 10.7. The standard InChI is InChI=1S/C13H14N2O4S/c1-8(16)12-5-11(15(17)18)3-4-13(12)19-6-10-7-20-9(2)14-10/h3-5,7-8,16H,6H2,1-2H3/t8-/m0/s1. The van der Waals surface area contributed by atoms with Gasteiger partial charge in [-0.3, -0.25) is 10.1 Å². The number of hydrogen-bond acceptors (Lipinski definition) is 6. The molecule has 2 aromatic rings. The van der Waals surface area contributed by atoms with Gasteiger partial charge in [0.25, 0.3) is 5.69 Å².